The van der Waals surface area contributed by atoms with Crippen molar-refractivity contribution in [3.8, 4) is 0 Å². The van der Waals surface area contributed by atoms with E-state index < -0.39 is 0 Å². The Morgan fingerprint density at radius 1 is 0.556 bits per heavy atom. The maximum absolute atomic E-state index is 5.11. The van der Waals surface area contributed by atoms with Gasteiger partial charge in [0.25, 0.3) is 0 Å². The molecule has 2 nitrogen and oxygen atoms in total. The molecule has 2 rings (SSSR count). The average molecular weight is 375 g/mol. The topological polar surface area (TPSA) is 24.7 Å². The van der Waals surface area contributed by atoms with Gasteiger partial charge < -0.3 is 0 Å². The van der Waals surface area contributed by atoms with E-state index in [9.17, 15) is 0 Å². The van der Waals surface area contributed by atoms with Crippen molar-refractivity contribution in [2.75, 3.05) is 0 Å². The largest absolute Gasteiger partial charge is 0.294 e. The minimum atomic E-state index is 0.136. The van der Waals surface area contributed by atoms with Gasteiger partial charge >= 0.3 is 0 Å². The quantitative estimate of drug-likeness (QED) is 0.424. The number of hydrogen-bond acceptors (Lipinski definition) is 2. The zero-order chi connectivity index (χ0) is 19.6. The highest BCUT2D eigenvalue weighted by Gasteiger charge is 2.27. The van der Waals surface area contributed by atoms with Crippen LogP contribution in [0.1, 0.15) is 124 Å². The van der Waals surface area contributed by atoms with Crippen molar-refractivity contribution in [1.29, 1.82) is 0 Å². The molecule has 0 unspecified atom stereocenters. The highest BCUT2D eigenvalue weighted by atomic mass is 14.8. The molecule has 2 aliphatic rings. The first kappa shape index (κ1) is 22.6. The summed E-state index contributed by atoms with van der Waals surface area (Å²) >= 11 is 0. The van der Waals surface area contributed by atoms with Gasteiger partial charge in [-0.2, -0.15) is 0 Å². The Morgan fingerprint density at radius 2 is 0.852 bits per heavy atom. The van der Waals surface area contributed by atoms with E-state index in [2.05, 4.69) is 40.1 Å². The van der Waals surface area contributed by atoms with Crippen molar-refractivity contribution in [3.63, 3.8) is 0 Å². The van der Waals surface area contributed by atoms with Gasteiger partial charge in [0.15, 0.2) is 0 Å². The maximum Gasteiger partial charge on any atom is 0.0496 e. The van der Waals surface area contributed by atoms with Gasteiger partial charge in [0.05, 0.1) is 0 Å². The molecule has 2 fully saturated rings. The first-order chi connectivity index (χ1) is 12.9. The third kappa shape index (κ3) is 9.90. The zero-order valence-corrected chi connectivity index (χ0v) is 18.8. The second-order valence-corrected chi connectivity index (χ2v) is 10.7. The predicted molar refractivity (Wildman–Crippen MR) is 121 cm³/mol. The molecule has 0 atom stereocenters. The fraction of sp³-hybridized carbons (Fsp3) is 0.920. The predicted octanol–water partition coefficient (Wildman–Crippen LogP) is 7.80. The minimum Gasteiger partial charge on any atom is -0.294 e. The summed E-state index contributed by atoms with van der Waals surface area (Å²) in [6, 6.07) is 1.14. The summed E-state index contributed by atoms with van der Waals surface area (Å²) in [6.45, 7) is 9.39. The molecule has 2 heteroatoms. The Hall–Kier alpha value is -0.660. The van der Waals surface area contributed by atoms with E-state index in [4.69, 9.17) is 9.98 Å². The van der Waals surface area contributed by atoms with E-state index in [1.54, 1.807) is 0 Å². The molecule has 0 amide bonds. The molecule has 0 aromatic heterocycles. The zero-order valence-electron chi connectivity index (χ0n) is 18.8. The SMILES string of the molecule is CC(C)(/C=N/C1CCCCCCCCCC1)CC(C)(C)/C=N/C1CCCC1. The lowest BCUT2D eigenvalue weighted by molar-refractivity contribution is 0.346. The van der Waals surface area contributed by atoms with E-state index >= 15 is 0 Å². The van der Waals surface area contributed by atoms with E-state index in [0.29, 0.717) is 12.1 Å². The van der Waals surface area contributed by atoms with Crippen LogP contribution < -0.4 is 0 Å². The van der Waals surface area contributed by atoms with Gasteiger partial charge in [0.2, 0.25) is 0 Å². The van der Waals surface area contributed by atoms with Crippen LogP contribution in [-0.2, 0) is 0 Å². The Bertz CT molecular complexity index is 443. The number of nitrogens with zero attached hydrogens (tertiary/aromatic N) is 2. The van der Waals surface area contributed by atoms with Crippen LogP contribution >= 0.6 is 0 Å². The Morgan fingerprint density at radius 3 is 1.22 bits per heavy atom. The smallest absolute Gasteiger partial charge is 0.0496 e. The number of aliphatic imine (C=N–C) groups is 2. The van der Waals surface area contributed by atoms with E-state index in [1.807, 2.05) is 0 Å². The molecule has 0 spiro atoms. The van der Waals surface area contributed by atoms with Crippen LogP contribution in [0.4, 0.5) is 0 Å². The second-order valence-electron chi connectivity index (χ2n) is 10.7. The van der Waals surface area contributed by atoms with E-state index in [-0.39, 0.29) is 10.8 Å². The second kappa shape index (κ2) is 11.4. The van der Waals surface area contributed by atoms with Crippen LogP contribution in [0.5, 0.6) is 0 Å². The van der Waals surface area contributed by atoms with Crippen LogP contribution in [0.3, 0.4) is 0 Å². The van der Waals surface area contributed by atoms with Crippen molar-refractivity contribution in [1.82, 2.24) is 0 Å². The molecule has 0 saturated heterocycles. The van der Waals surface area contributed by atoms with Crippen molar-refractivity contribution in [2.45, 2.75) is 136 Å². The summed E-state index contributed by atoms with van der Waals surface area (Å²) in [5.41, 5.74) is 0.282. The fourth-order valence-electron chi connectivity index (χ4n) is 5.05. The van der Waals surface area contributed by atoms with Crippen LogP contribution in [-0.4, -0.2) is 24.5 Å². The van der Waals surface area contributed by atoms with Gasteiger partial charge in [-0.15, -0.1) is 0 Å². The molecule has 2 aliphatic carbocycles. The standard InChI is InChI=1S/C25H46N2/c1-24(2,19-25(3,4)21-27-23-17-13-14-18-23)20-26-22-15-11-9-7-5-6-8-10-12-16-22/h20-23H,5-19H2,1-4H3/b26-20+,27-21+. The molecule has 0 bridgehead atoms. The van der Waals surface area contributed by atoms with Crippen LogP contribution in [0, 0.1) is 10.8 Å². The molecule has 2 saturated carbocycles. The number of hydrogen-bond donors (Lipinski definition) is 0. The van der Waals surface area contributed by atoms with Crippen LogP contribution in [0.2, 0.25) is 0 Å². The summed E-state index contributed by atoms with van der Waals surface area (Å²) in [5.74, 6) is 0. The summed E-state index contributed by atoms with van der Waals surface area (Å²) in [7, 11) is 0. The van der Waals surface area contributed by atoms with Gasteiger partial charge in [-0.25, -0.2) is 0 Å². The Kier molecular flexibility index (Phi) is 9.53. The molecular formula is C25H46N2. The van der Waals surface area contributed by atoms with E-state index in [0.717, 1.165) is 6.42 Å². The molecule has 0 aromatic rings. The minimum absolute atomic E-state index is 0.136. The van der Waals surface area contributed by atoms with Gasteiger partial charge in [0, 0.05) is 35.3 Å². The summed E-state index contributed by atoms with van der Waals surface area (Å²) in [4.78, 5) is 10.0. The van der Waals surface area contributed by atoms with Crippen LogP contribution in [0.15, 0.2) is 9.98 Å². The highest BCUT2D eigenvalue weighted by Crippen LogP contribution is 2.32. The molecule has 0 heterocycles. The fourth-order valence-corrected chi connectivity index (χ4v) is 5.05. The Labute approximate surface area is 169 Å². The molecule has 27 heavy (non-hydrogen) atoms. The van der Waals surface area contributed by atoms with Gasteiger partial charge in [-0.05, 0) is 32.1 Å². The van der Waals surface area contributed by atoms with Gasteiger partial charge in [0.1, 0.15) is 0 Å². The molecule has 0 aromatic carbocycles. The highest BCUT2D eigenvalue weighted by molar-refractivity contribution is 5.69. The summed E-state index contributed by atoms with van der Waals surface area (Å²) in [6.07, 6.45) is 24.8. The molecule has 156 valence electrons. The van der Waals surface area contributed by atoms with Crippen LogP contribution in [0.25, 0.3) is 0 Å². The lowest BCUT2D eigenvalue weighted by Gasteiger charge is -2.30. The molecule has 0 radical (unpaired) electrons. The summed E-state index contributed by atoms with van der Waals surface area (Å²) in [5, 5.41) is 0. The third-order valence-corrected chi connectivity index (χ3v) is 6.33. The third-order valence-electron chi connectivity index (χ3n) is 6.33. The van der Waals surface area contributed by atoms with Gasteiger partial charge in [-0.3, -0.25) is 9.98 Å². The molecule has 0 aliphatic heterocycles. The van der Waals surface area contributed by atoms with Crippen molar-refractivity contribution in [3.05, 3.63) is 0 Å². The molecule has 0 N–H and O–H groups in total. The average Bonchev–Trinajstić information content (AvgIpc) is 3.09. The normalized spacial score (nSPS) is 23.3. The lowest BCUT2D eigenvalue weighted by atomic mass is 9.76. The van der Waals surface area contributed by atoms with E-state index in [1.165, 1.54) is 89.9 Å². The molecular weight excluding hydrogens is 328 g/mol. The summed E-state index contributed by atoms with van der Waals surface area (Å²) < 4.78 is 0. The van der Waals surface area contributed by atoms with Crippen molar-refractivity contribution in [2.24, 2.45) is 20.8 Å². The maximum atomic E-state index is 5.11. The lowest BCUT2D eigenvalue weighted by Crippen LogP contribution is -2.26. The monoisotopic (exact) mass is 374 g/mol. The number of rotatable bonds is 6. The van der Waals surface area contributed by atoms with Gasteiger partial charge in [-0.1, -0.05) is 91.9 Å². The van der Waals surface area contributed by atoms with Crippen molar-refractivity contribution < 1.29 is 0 Å². The Balaban J connectivity index is 1.87. The first-order valence-corrected chi connectivity index (χ1v) is 12.0. The first-order valence-electron chi connectivity index (χ1n) is 12.0. The van der Waals surface area contributed by atoms with Crippen molar-refractivity contribution >= 4 is 12.4 Å².